The molecule has 6 heteroatoms. The molecule has 0 saturated heterocycles. The summed E-state index contributed by atoms with van der Waals surface area (Å²) >= 11 is 1.49. The van der Waals surface area contributed by atoms with Gasteiger partial charge in [-0.05, 0) is 61.7 Å². The molecule has 30 heavy (non-hydrogen) atoms. The number of hydrogen-bond donors (Lipinski definition) is 0. The summed E-state index contributed by atoms with van der Waals surface area (Å²) in [6.07, 6.45) is 1.94. The molecule has 2 heterocycles. The molecule has 0 fully saturated rings. The van der Waals surface area contributed by atoms with Crippen LogP contribution in [-0.4, -0.2) is 18.0 Å². The molecule has 4 aromatic rings. The van der Waals surface area contributed by atoms with Crippen molar-refractivity contribution >= 4 is 32.6 Å². The van der Waals surface area contributed by atoms with E-state index in [9.17, 15) is 4.79 Å². The van der Waals surface area contributed by atoms with E-state index in [1.165, 1.54) is 16.9 Å². The Morgan fingerprint density at radius 1 is 1.13 bits per heavy atom. The fourth-order valence-electron chi connectivity index (χ4n) is 3.69. The zero-order valence-corrected chi connectivity index (χ0v) is 18.4. The zero-order chi connectivity index (χ0) is 21.3. The molecule has 0 aliphatic rings. The van der Waals surface area contributed by atoms with Gasteiger partial charge < -0.3 is 9.15 Å². The second-order valence-electron chi connectivity index (χ2n) is 7.44. The summed E-state index contributed by atoms with van der Waals surface area (Å²) in [7, 11) is 1.63. The van der Waals surface area contributed by atoms with E-state index in [0.29, 0.717) is 18.1 Å². The maximum atomic E-state index is 13.5. The normalized spacial score (nSPS) is 11.1. The first-order valence-corrected chi connectivity index (χ1v) is 10.6. The number of rotatable bonds is 6. The lowest BCUT2D eigenvalue weighted by Crippen LogP contribution is -2.32. The van der Waals surface area contributed by atoms with Crippen molar-refractivity contribution in [1.82, 2.24) is 4.98 Å². The molecule has 0 aliphatic carbocycles. The summed E-state index contributed by atoms with van der Waals surface area (Å²) in [6, 6.07) is 13.7. The number of fused-ring (bicyclic) bond motifs is 1. The molecule has 4 rings (SSSR count). The summed E-state index contributed by atoms with van der Waals surface area (Å²) in [5.41, 5.74) is 5.35. The number of thiazole rings is 1. The van der Waals surface area contributed by atoms with Crippen LogP contribution in [0.1, 0.15) is 28.0 Å². The van der Waals surface area contributed by atoms with Gasteiger partial charge in [0.1, 0.15) is 11.5 Å². The number of aromatic nitrogens is 1. The Labute approximate surface area is 179 Å². The lowest BCUT2D eigenvalue weighted by molar-refractivity contribution is -0.118. The first-order chi connectivity index (χ1) is 14.4. The summed E-state index contributed by atoms with van der Waals surface area (Å²) < 4.78 is 11.8. The summed E-state index contributed by atoms with van der Waals surface area (Å²) in [6.45, 7) is 6.53. The van der Waals surface area contributed by atoms with E-state index in [0.717, 1.165) is 38.4 Å². The van der Waals surface area contributed by atoms with Crippen molar-refractivity contribution in [2.45, 2.75) is 33.7 Å². The number of aryl methyl sites for hydroxylation is 3. The van der Waals surface area contributed by atoms with Crippen LogP contribution in [0.4, 0.5) is 5.13 Å². The smallest absolute Gasteiger partial charge is 0.233 e. The zero-order valence-electron chi connectivity index (χ0n) is 17.6. The SMILES string of the molecule is COc1ccc2sc(N(Cc3ccco3)C(=O)Cc3c(C)cc(C)cc3C)nc2c1. The van der Waals surface area contributed by atoms with E-state index in [-0.39, 0.29) is 5.91 Å². The quantitative estimate of drug-likeness (QED) is 0.407. The molecule has 2 aromatic carbocycles. The molecule has 0 aliphatic heterocycles. The highest BCUT2D eigenvalue weighted by Gasteiger charge is 2.23. The van der Waals surface area contributed by atoms with Crippen LogP contribution < -0.4 is 9.64 Å². The third-order valence-corrected chi connectivity index (χ3v) is 6.24. The van der Waals surface area contributed by atoms with E-state index >= 15 is 0 Å². The van der Waals surface area contributed by atoms with E-state index in [4.69, 9.17) is 14.1 Å². The van der Waals surface area contributed by atoms with Gasteiger partial charge in [-0.3, -0.25) is 9.69 Å². The Balaban J connectivity index is 1.70. The highest BCUT2D eigenvalue weighted by molar-refractivity contribution is 7.22. The van der Waals surface area contributed by atoms with Crippen LogP contribution in [0.5, 0.6) is 5.75 Å². The molecule has 0 bridgehead atoms. The van der Waals surface area contributed by atoms with E-state index < -0.39 is 0 Å². The predicted octanol–water partition coefficient (Wildman–Crippen LogP) is 5.60. The van der Waals surface area contributed by atoms with Crippen molar-refractivity contribution < 1.29 is 13.9 Å². The molecule has 0 N–H and O–H groups in total. The van der Waals surface area contributed by atoms with Crippen LogP contribution >= 0.6 is 11.3 Å². The van der Waals surface area contributed by atoms with Crippen LogP contribution in [0, 0.1) is 20.8 Å². The number of carbonyl (C=O) groups is 1. The van der Waals surface area contributed by atoms with Gasteiger partial charge in [-0.2, -0.15) is 0 Å². The van der Waals surface area contributed by atoms with Gasteiger partial charge in [0.15, 0.2) is 5.13 Å². The summed E-state index contributed by atoms with van der Waals surface area (Å²) in [5, 5.41) is 0.655. The highest BCUT2D eigenvalue weighted by atomic mass is 32.1. The lowest BCUT2D eigenvalue weighted by atomic mass is 9.97. The number of benzene rings is 2. The largest absolute Gasteiger partial charge is 0.497 e. The van der Waals surface area contributed by atoms with E-state index in [1.807, 2.05) is 30.3 Å². The molecular formula is C24H24N2O3S. The fraction of sp³-hybridized carbons (Fsp3) is 0.250. The number of hydrogen-bond acceptors (Lipinski definition) is 5. The van der Waals surface area contributed by atoms with Gasteiger partial charge in [-0.15, -0.1) is 0 Å². The number of furan rings is 1. The Kier molecular flexibility index (Phi) is 5.59. The number of anilines is 1. The molecule has 0 unspecified atom stereocenters. The van der Waals surface area contributed by atoms with Crippen molar-refractivity contribution in [2.75, 3.05) is 12.0 Å². The fourth-order valence-corrected chi connectivity index (χ4v) is 4.66. The van der Waals surface area contributed by atoms with Crippen LogP contribution in [-0.2, 0) is 17.8 Å². The van der Waals surface area contributed by atoms with Gasteiger partial charge in [-0.25, -0.2) is 4.98 Å². The topological polar surface area (TPSA) is 55.6 Å². The molecule has 0 radical (unpaired) electrons. The van der Waals surface area contributed by atoms with Gasteiger partial charge in [0, 0.05) is 6.07 Å². The second kappa shape index (κ2) is 8.32. The molecule has 1 amide bonds. The van der Waals surface area contributed by atoms with Crippen molar-refractivity contribution in [3.63, 3.8) is 0 Å². The molecule has 2 aromatic heterocycles. The first kappa shape index (κ1) is 20.2. The monoisotopic (exact) mass is 420 g/mol. The van der Waals surface area contributed by atoms with Crippen LogP contribution in [0.25, 0.3) is 10.2 Å². The van der Waals surface area contributed by atoms with Crippen LogP contribution in [0.15, 0.2) is 53.1 Å². The van der Waals surface area contributed by atoms with Crippen LogP contribution in [0.2, 0.25) is 0 Å². The standard InChI is InChI=1S/C24H24N2O3S/c1-15-10-16(2)20(17(3)11-15)13-23(27)26(14-19-6-5-9-29-19)24-25-21-12-18(28-4)7-8-22(21)30-24/h5-12H,13-14H2,1-4H3. The van der Waals surface area contributed by atoms with Crippen molar-refractivity contribution in [3.8, 4) is 5.75 Å². The van der Waals surface area contributed by atoms with Crippen molar-refractivity contribution in [1.29, 1.82) is 0 Å². The van der Waals surface area contributed by atoms with Gasteiger partial charge in [-0.1, -0.05) is 29.0 Å². The van der Waals surface area contributed by atoms with E-state index in [2.05, 4.69) is 32.9 Å². The molecule has 0 saturated carbocycles. The highest BCUT2D eigenvalue weighted by Crippen LogP contribution is 2.32. The average molecular weight is 421 g/mol. The average Bonchev–Trinajstić information content (AvgIpc) is 3.37. The Morgan fingerprint density at radius 2 is 1.90 bits per heavy atom. The Bertz CT molecular complexity index is 1170. The van der Waals surface area contributed by atoms with Crippen molar-refractivity contribution in [2.24, 2.45) is 0 Å². The molecular weight excluding hydrogens is 396 g/mol. The van der Waals surface area contributed by atoms with E-state index in [1.54, 1.807) is 18.3 Å². The van der Waals surface area contributed by atoms with Gasteiger partial charge >= 0.3 is 0 Å². The van der Waals surface area contributed by atoms with Gasteiger partial charge in [0.25, 0.3) is 0 Å². The number of carbonyl (C=O) groups excluding carboxylic acids is 1. The third-order valence-electron chi connectivity index (χ3n) is 5.18. The first-order valence-electron chi connectivity index (χ1n) is 9.78. The summed E-state index contributed by atoms with van der Waals surface area (Å²) in [4.78, 5) is 19.9. The number of methoxy groups -OCH3 is 1. The predicted molar refractivity (Wildman–Crippen MR) is 120 cm³/mol. The number of nitrogens with zero attached hydrogens (tertiary/aromatic N) is 2. The third kappa shape index (κ3) is 4.09. The maximum Gasteiger partial charge on any atom is 0.233 e. The lowest BCUT2D eigenvalue weighted by Gasteiger charge is -2.20. The molecule has 5 nitrogen and oxygen atoms in total. The minimum atomic E-state index is -0.00697. The number of amides is 1. The van der Waals surface area contributed by atoms with Crippen molar-refractivity contribution in [3.05, 3.63) is 76.7 Å². The molecule has 0 atom stereocenters. The summed E-state index contributed by atoms with van der Waals surface area (Å²) in [5.74, 6) is 1.46. The minimum Gasteiger partial charge on any atom is -0.497 e. The molecule has 154 valence electrons. The molecule has 0 spiro atoms. The second-order valence-corrected chi connectivity index (χ2v) is 8.45. The minimum absolute atomic E-state index is 0.00697. The van der Waals surface area contributed by atoms with Crippen LogP contribution in [0.3, 0.4) is 0 Å². The van der Waals surface area contributed by atoms with Gasteiger partial charge in [0.2, 0.25) is 5.91 Å². The van der Waals surface area contributed by atoms with Gasteiger partial charge in [0.05, 0.1) is 36.6 Å². The number of ether oxygens (including phenoxy) is 1. The maximum absolute atomic E-state index is 13.5. The Hall–Kier alpha value is -3.12. The Morgan fingerprint density at radius 3 is 2.57 bits per heavy atom.